The van der Waals surface area contributed by atoms with E-state index in [0.717, 1.165) is 12.2 Å². The van der Waals surface area contributed by atoms with Crippen molar-refractivity contribution in [2.75, 3.05) is 0 Å². The summed E-state index contributed by atoms with van der Waals surface area (Å²) in [5.74, 6) is 0.880. The van der Waals surface area contributed by atoms with Crippen molar-refractivity contribution in [3.8, 4) is 5.75 Å². The van der Waals surface area contributed by atoms with Crippen LogP contribution >= 0.6 is 0 Å². The maximum absolute atomic E-state index is 4.99. The molecule has 1 aliphatic heterocycles. The van der Waals surface area contributed by atoms with Crippen LogP contribution in [0.25, 0.3) is 0 Å². The Hall–Kier alpha value is -0.916. The molecule has 0 atom stereocenters. The molecular formula is C8H7NO2Si2. The monoisotopic (exact) mass is 205 g/mol. The fraction of sp³-hybridized carbons (Fsp3) is 0.125. The van der Waals surface area contributed by atoms with E-state index in [1.54, 1.807) is 6.21 Å². The van der Waals surface area contributed by atoms with Gasteiger partial charge in [-0.15, -0.1) is 0 Å². The third-order valence-electron chi connectivity index (χ3n) is 1.51. The van der Waals surface area contributed by atoms with Crippen molar-refractivity contribution in [2.24, 2.45) is 5.16 Å². The van der Waals surface area contributed by atoms with Crippen molar-refractivity contribution in [1.29, 1.82) is 0 Å². The molecule has 2 rings (SSSR count). The Bertz CT molecular complexity index is 264. The van der Waals surface area contributed by atoms with E-state index in [2.05, 4.69) is 30.2 Å². The maximum Gasteiger partial charge on any atom is 0.229 e. The Labute approximate surface area is 83.8 Å². The first kappa shape index (κ1) is 10.2. The lowest BCUT2D eigenvalue weighted by Gasteiger charge is -2.07. The summed E-state index contributed by atoms with van der Waals surface area (Å²) in [4.78, 5) is 4.99. The van der Waals surface area contributed by atoms with E-state index in [1.807, 2.05) is 24.3 Å². The highest BCUT2D eigenvalue weighted by molar-refractivity contribution is 6.15. The summed E-state index contributed by atoms with van der Waals surface area (Å²) in [5.41, 5.74) is 1.21. The fourth-order valence-electron chi connectivity index (χ4n) is 0.991. The molecule has 0 aliphatic carbocycles. The van der Waals surface area contributed by atoms with Crippen LogP contribution in [0.1, 0.15) is 5.56 Å². The minimum atomic E-state index is 0.880. The van der Waals surface area contributed by atoms with E-state index in [9.17, 15) is 0 Å². The first-order valence-electron chi connectivity index (χ1n) is 3.64. The minimum Gasteiger partial charge on any atom is -0.458 e. The third kappa shape index (κ3) is 3.13. The van der Waals surface area contributed by atoms with Gasteiger partial charge in [0.25, 0.3) is 0 Å². The summed E-state index contributed by atoms with van der Waals surface area (Å²) in [6.45, 7) is 0. The molecule has 1 aromatic carbocycles. The Balaban J connectivity index is 0.000000251. The summed E-state index contributed by atoms with van der Waals surface area (Å²) in [7, 11) is 5.19. The van der Waals surface area contributed by atoms with Gasteiger partial charge in [-0.2, -0.15) is 0 Å². The average molecular weight is 205 g/mol. The van der Waals surface area contributed by atoms with Crippen LogP contribution in [0.3, 0.4) is 0 Å². The fourth-order valence-corrected chi connectivity index (χ4v) is 0.991. The van der Waals surface area contributed by atoms with Crippen molar-refractivity contribution in [2.45, 2.75) is 6.42 Å². The van der Waals surface area contributed by atoms with Crippen LogP contribution in [-0.4, -0.2) is 27.2 Å². The number of oxime groups is 1. The van der Waals surface area contributed by atoms with Gasteiger partial charge in [0.1, 0.15) is 0 Å². The standard InChI is InChI=1S/C8H7NO.OSi2/c1-2-4-8-7(3-1)5-6-9-10-8;2-1-3/h1-4,6H,5H2;. The minimum absolute atomic E-state index is 0.880. The first-order valence-corrected chi connectivity index (χ1v) is 4.46. The molecule has 1 aromatic rings. The van der Waals surface area contributed by atoms with E-state index in [-0.39, 0.29) is 0 Å². The zero-order chi connectivity index (χ0) is 9.52. The van der Waals surface area contributed by atoms with Crippen molar-refractivity contribution < 1.29 is 8.95 Å². The van der Waals surface area contributed by atoms with Gasteiger partial charge in [-0.3, -0.25) is 0 Å². The van der Waals surface area contributed by atoms with Crippen LogP contribution in [0.2, 0.25) is 0 Å². The number of rotatable bonds is 0. The first-order chi connectivity index (χ1) is 6.38. The number of fused-ring (bicyclic) bond motifs is 1. The molecule has 5 heteroatoms. The molecular weight excluding hydrogens is 198 g/mol. The van der Waals surface area contributed by atoms with Gasteiger partial charge in [0.15, 0.2) is 5.75 Å². The number of para-hydroxylation sites is 1. The van der Waals surface area contributed by atoms with E-state index in [4.69, 9.17) is 4.84 Å². The van der Waals surface area contributed by atoms with Crippen LogP contribution in [0.15, 0.2) is 29.4 Å². The van der Waals surface area contributed by atoms with E-state index in [1.165, 1.54) is 5.56 Å². The lowest BCUT2D eigenvalue weighted by atomic mass is 10.1. The molecule has 1 aliphatic rings. The Morgan fingerprint density at radius 3 is 2.69 bits per heavy atom. The van der Waals surface area contributed by atoms with Gasteiger partial charge in [0.2, 0.25) is 21.0 Å². The second kappa shape index (κ2) is 5.68. The quantitative estimate of drug-likeness (QED) is 0.586. The molecule has 0 fully saturated rings. The third-order valence-corrected chi connectivity index (χ3v) is 1.51. The molecule has 13 heavy (non-hydrogen) atoms. The maximum atomic E-state index is 4.99. The second-order valence-electron chi connectivity index (χ2n) is 2.29. The summed E-state index contributed by atoms with van der Waals surface area (Å²) < 4.78 is 3.86. The van der Waals surface area contributed by atoms with Crippen LogP contribution in [0, 0.1) is 0 Å². The van der Waals surface area contributed by atoms with E-state index in [0.29, 0.717) is 0 Å². The number of benzene rings is 1. The van der Waals surface area contributed by atoms with Crippen molar-refractivity contribution in [3.63, 3.8) is 0 Å². The van der Waals surface area contributed by atoms with Gasteiger partial charge >= 0.3 is 0 Å². The van der Waals surface area contributed by atoms with Gasteiger partial charge in [-0.1, -0.05) is 23.4 Å². The number of hydrogen-bond donors (Lipinski definition) is 0. The predicted molar refractivity (Wildman–Crippen MR) is 51.9 cm³/mol. The molecule has 1 heterocycles. The summed E-state index contributed by atoms with van der Waals surface area (Å²) in [6.07, 6.45) is 2.65. The van der Waals surface area contributed by atoms with Crippen LogP contribution in [-0.2, 0) is 10.5 Å². The average Bonchev–Trinajstić information content (AvgIpc) is 2.19. The topological polar surface area (TPSA) is 30.8 Å². The molecule has 0 amide bonds. The molecule has 0 bridgehead atoms. The van der Waals surface area contributed by atoms with E-state index >= 15 is 0 Å². The molecule has 0 spiro atoms. The van der Waals surface area contributed by atoms with Gasteiger partial charge in [0, 0.05) is 18.2 Å². The molecule has 3 nitrogen and oxygen atoms in total. The lowest BCUT2D eigenvalue weighted by Crippen LogP contribution is -1.98. The van der Waals surface area contributed by atoms with Crippen LogP contribution in [0.5, 0.6) is 5.75 Å². The smallest absolute Gasteiger partial charge is 0.229 e. The summed E-state index contributed by atoms with van der Waals surface area (Å²) in [5, 5.41) is 3.69. The number of nitrogens with zero attached hydrogens (tertiary/aromatic N) is 1. The Morgan fingerprint density at radius 1 is 1.31 bits per heavy atom. The highest BCUT2D eigenvalue weighted by atomic mass is 28.3. The van der Waals surface area contributed by atoms with Crippen molar-refractivity contribution >= 4 is 27.2 Å². The summed E-state index contributed by atoms with van der Waals surface area (Å²) >= 11 is 0. The van der Waals surface area contributed by atoms with Crippen LogP contribution in [0.4, 0.5) is 0 Å². The SMILES string of the molecule is C1=NOc2ccccc2C1.[Si]O[Si]. The Kier molecular flexibility index (Phi) is 4.44. The zero-order valence-electron chi connectivity index (χ0n) is 6.86. The zero-order valence-corrected chi connectivity index (χ0v) is 8.86. The van der Waals surface area contributed by atoms with Crippen molar-refractivity contribution in [1.82, 2.24) is 0 Å². The molecule has 0 saturated heterocycles. The van der Waals surface area contributed by atoms with Gasteiger partial charge in [0.05, 0.1) is 0 Å². The lowest BCUT2D eigenvalue weighted by molar-refractivity contribution is 0.334. The molecule has 6 radical (unpaired) electrons. The van der Waals surface area contributed by atoms with Gasteiger partial charge in [-0.05, 0) is 6.07 Å². The summed E-state index contributed by atoms with van der Waals surface area (Å²) in [6, 6.07) is 7.91. The van der Waals surface area contributed by atoms with Crippen LogP contribution < -0.4 is 4.84 Å². The highest BCUT2D eigenvalue weighted by Crippen LogP contribution is 2.20. The van der Waals surface area contributed by atoms with Gasteiger partial charge < -0.3 is 8.95 Å². The highest BCUT2D eigenvalue weighted by Gasteiger charge is 2.03. The Morgan fingerprint density at radius 2 is 2.00 bits per heavy atom. The number of hydrogen-bond acceptors (Lipinski definition) is 3. The van der Waals surface area contributed by atoms with E-state index < -0.39 is 0 Å². The molecule has 0 unspecified atom stereocenters. The molecule has 0 N–H and O–H groups in total. The molecule has 0 saturated carbocycles. The second-order valence-corrected chi connectivity index (χ2v) is 3.11. The van der Waals surface area contributed by atoms with Gasteiger partial charge in [-0.25, -0.2) is 0 Å². The normalized spacial score (nSPS) is 12.2. The molecule has 0 aromatic heterocycles. The molecule has 64 valence electrons. The predicted octanol–water partition coefficient (Wildman–Crippen LogP) is 0.777. The van der Waals surface area contributed by atoms with Crippen molar-refractivity contribution in [3.05, 3.63) is 29.8 Å². The largest absolute Gasteiger partial charge is 0.458 e.